The second-order valence-corrected chi connectivity index (χ2v) is 4.44. The molecule has 1 aliphatic heterocycles. The molecule has 1 heterocycles. The van der Waals surface area contributed by atoms with Crippen LogP contribution in [0.1, 0.15) is 38.5 Å². The van der Waals surface area contributed by atoms with Gasteiger partial charge in [-0.3, -0.25) is 0 Å². The Labute approximate surface area is 81.0 Å². The predicted octanol–water partition coefficient (Wildman–Crippen LogP) is 1.95. The molecule has 1 saturated carbocycles. The van der Waals surface area contributed by atoms with E-state index in [0.717, 1.165) is 19.1 Å². The molecule has 0 spiro atoms. The Balaban J connectivity index is 1.50. The molecule has 1 saturated heterocycles. The van der Waals surface area contributed by atoms with Crippen LogP contribution in [-0.4, -0.2) is 25.8 Å². The van der Waals surface area contributed by atoms with Crippen molar-refractivity contribution >= 4 is 0 Å². The van der Waals surface area contributed by atoms with Crippen molar-refractivity contribution in [3.05, 3.63) is 0 Å². The molecule has 0 aromatic carbocycles. The maximum atomic E-state index is 5.65. The second kappa shape index (κ2) is 4.97. The third kappa shape index (κ3) is 2.96. The highest BCUT2D eigenvalue weighted by Crippen LogP contribution is 2.25. The number of hydrogen-bond acceptors (Lipinski definition) is 2. The van der Waals surface area contributed by atoms with Gasteiger partial charge in [-0.05, 0) is 44.6 Å². The molecule has 0 aromatic rings. The largest absolute Gasteiger partial charge is 0.377 e. The molecule has 2 nitrogen and oxygen atoms in total. The first-order valence-corrected chi connectivity index (χ1v) is 5.77. The van der Waals surface area contributed by atoms with Gasteiger partial charge in [0.05, 0.1) is 6.10 Å². The van der Waals surface area contributed by atoms with Crippen LogP contribution in [0.4, 0.5) is 0 Å². The van der Waals surface area contributed by atoms with Gasteiger partial charge < -0.3 is 10.1 Å². The van der Waals surface area contributed by atoms with Crippen molar-refractivity contribution in [2.45, 2.75) is 44.6 Å². The van der Waals surface area contributed by atoms with E-state index in [2.05, 4.69) is 5.32 Å². The number of rotatable bonds is 4. The Kier molecular flexibility index (Phi) is 3.62. The highest BCUT2D eigenvalue weighted by Gasteiger charge is 2.18. The van der Waals surface area contributed by atoms with Gasteiger partial charge in [0.2, 0.25) is 0 Å². The van der Waals surface area contributed by atoms with E-state index in [9.17, 15) is 0 Å². The van der Waals surface area contributed by atoms with Gasteiger partial charge in [0.1, 0.15) is 0 Å². The van der Waals surface area contributed by atoms with E-state index in [1.165, 1.54) is 45.1 Å². The molecule has 1 unspecified atom stereocenters. The predicted molar refractivity (Wildman–Crippen MR) is 53.8 cm³/mol. The summed E-state index contributed by atoms with van der Waals surface area (Å²) in [5.74, 6) is 0.976. The van der Waals surface area contributed by atoms with Crippen LogP contribution in [-0.2, 0) is 4.74 Å². The van der Waals surface area contributed by atoms with Crippen LogP contribution in [0, 0.1) is 5.92 Å². The zero-order chi connectivity index (χ0) is 8.93. The fourth-order valence-electron chi connectivity index (χ4n) is 2.11. The van der Waals surface area contributed by atoms with Gasteiger partial charge in [0, 0.05) is 13.2 Å². The second-order valence-electron chi connectivity index (χ2n) is 4.44. The number of ether oxygens (including phenoxy) is 1. The summed E-state index contributed by atoms with van der Waals surface area (Å²) in [5, 5.41) is 3.53. The van der Waals surface area contributed by atoms with Crippen LogP contribution in [0.5, 0.6) is 0 Å². The third-order valence-electron chi connectivity index (χ3n) is 3.30. The molecular weight excluding hydrogens is 162 g/mol. The average molecular weight is 183 g/mol. The van der Waals surface area contributed by atoms with E-state index < -0.39 is 0 Å². The summed E-state index contributed by atoms with van der Waals surface area (Å²) < 4.78 is 5.65. The fourth-order valence-corrected chi connectivity index (χ4v) is 2.11. The van der Waals surface area contributed by atoms with Gasteiger partial charge in [-0.2, -0.15) is 0 Å². The maximum Gasteiger partial charge on any atom is 0.0699 e. The van der Waals surface area contributed by atoms with Gasteiger partial charge in [0.15, 0.2) is 0 Å². The number of hydrogen-bond donors (Lipinski definition) is 1. The first-order valence-electron chi connectivity index (χ1n) is 5.77. The quantitative estimate of drug-likeness (QED) is 0.719. The molecule has 0 radical (unpaired) electrons. The van der Waals surface area contributed by atoms with Crippen LogP contribution in [0.3, 0.4) is 0 Å². The van der Waals surface area contributed by atoms with Gasteiger partial charge in [-0.15, -0.1) is 0 Å². The molecular formula is C11H21NO. The number of nitrogens with one attached hydrogen (secondary N) is 1. The molecule has 0 amide bonds. The smallest absolute Gasteiger partial charge is 0.0699 e. The molecule has 0 bridgehead atoms. The average Bonchev–Trinajstić information content (AvgIpc) is 2.11. The normalized spacial score (nSPS) is 30.0. The van der Waals surface area contributed by atoms with Crippen LogP contribution < -0.4 is 5.32 Å². The van der Waals surface area contributed by atoms with Crippen molar-refractivity contribution in [1.29, 1.82) is 0 Å². The Hall–Kier alpha value is -0.0800. The van der Waals surface area contributed by atoms with Gasteiger partial charge >= 0.3 is 0 Å². The molecule has 1 atom stereocenters. The van der Waals surface area contributed by atoms with Crippen molar-refractivity contribution < 1.29 is 4.74 Å². The highest BCUT2D eigenvalue weighted by atomic mass is 16.5. The van der Waals surface area contributed by atoms with E-state index in [4.69, 9.17) is 4.74 Å². The lowest BCUT2D eigenvalue weighted by Crippen LogP contribution is -2.35. The van der Waals surface area contributed by atoms with Crippen molar-refractivity contribution in [2.24, 2.45) is 5.92 Å². The summed E-state index contributed by atoms with van der Waals surface area (Å²) in [5.41, 5.74) is 0. The maximum absolute atomic E-state index is 5.65. The highest BCUT2D eigenvalue weighted by molar-refractivity contribution is 4.73. The summed E-state index contributed by atoms with van der Waals surface area (Å²) in [6, 6.07) is 0. The topological polar surface area (TPSA) is 21.3 Å². The van der Waals surface area contributed by atoms with E-state index in [-0.39, 0.29) is 0 Å². The Morgan fingerprint density at radius 3 is 2.54 bits per heavy atom. The molecule has 0 aromatic heterocycles. The fraction of sp³-hybridized carbons (Fsp3) is 1.00. The molecule has 76 valence electrons. The van der Waals surface area contributed by atoms with Crippen molar-refractivity contribution in [3.8, 4) is 0 Å². The minimum Gasteiger partial charge on any atom is -0.377 e. The third-order valence-corrected chi connectivity index (χ3v) is 3.30. The van der Waals surface area contributed by atoms with Crippen LogP contribution >= 0.6 is 0 Å². The molecule has 13 heavy (non-hydrogen) atoms. The van der Waals surface area contributed by atoms with Gasteiger partial charge in [-0.25, -0.2) is 0 Å². The lowest BCUT2D eigenvalue weighted by atomic mass is 9.85. The Morgan fingerprint density at radius 1 is 1.00 bits per heavy atom. The molecule has 1 aliphatic carbocycles. The zero-order valence-electron chi connectivity index (χ0n) is 8.43. The minimum absolute atomic E-state index is 0.508. The van der Waals surface area contributed by atoms with E-state index in [1.807, 2.05) is 0 Å². The molecule has 2 heteroatoms. The van der Waals surface area contributed by atoms with E-state index in [1.54, 1.807) is 0 Å². The van der Waals surface area contributed by atoms with Crippen LogP contribution in [0.2, 0.25) is 0 Å². The lowest BCUT2D eigenvalue weighted by molar-refractivity contribution is 0.0160. The van der Waals surface area contributed by atoms with Crippen LogP contribution in [0.15, 0.2) is 0 Å². The summed E-state index contributed by atoms with van der Waals surface area (Å²) >= 11 is 0. The van der Waals surface area contributed by atoms with Crippen LogP contribution in [0.25, 0.3) is 0 Å². The summed E-state index contributed by atoms with van der Waals surface area (Å²) in [4.78, 5) is 0. The van der Waals surface area contributed by atoms with Gasteiger partial charge in [0.25, 0.3) is 0 Å². The first kappa shape index (κ1) is 9.47. The Morgan fingerprint density at radius 2 is 1.92 bits per heavy atom. The molecule has 2 rings (SSSR count). The Bertz CT molecular complexity index is 139. The minimum atomic E-state index is 0.508. The molecule has 2 aliphatic rings. The van der Waals surface area contributed by atoms with E-state index >= 15 is 0 Å². The van der Waals surface area contributed by atoms with Crippen molar-refractivity contribution in [2.75, 3.05) is 19.7 Å². The van der Waals surface area contributed by atoms with E-state index in [0.29, 0.717) is 6.10 Å². The summed E-state index contributed by atoms with van der Waals surface area (Å²) in [7, 11) is 0. The van der Waals surface area contributed by atoms with Gasteiger partial charge in [-0.1, -0.05) is 6.42 Å². The zero-order valence-corrected chi connectivity index (χ0v) is 8.43. The monoisotopic (exact) mass is 183 g/mol. The van der Waals surface area contributed by atoms with Crippen molar-refractivity contribution in [3.63, 3.8) is 0 Å². The van der Waals surface area contributed by atoms with Crippen molar-refractivity contribution in [1.82, 2.24) is 5.32 Å². The summed E-state index contributed by atoms with van der Waals surface area (Å²) in [6.07, 6.45) is 8.73. The summed E-state index contributed by atoms with van der Waals surface area (Å²) in [6.45, 7) is 3.28. The molecule has 1 N–H and O–H groups in total. The molecule has 2 fully saturated rings. The SMILES string of the molecule is C1CCC(CNCC2CCC2)OC1. The standard InChI is InChI=1S/C11H21NO/c1-2-7-13-11(6-1)9-12-8-10-4-3-5-10/h10-12H,1-9H2. The lowest BCUT2D eigenvalue weighted by Gasteiger charge is -2.28. The first-order chi connectivity index (χ1) is 6.45.